The number of carbonyl (C=O) groups excluding carboxylic acids is 3. The van der Waals surface area contributed by atoms with Crippen molar-refractivity contribution in [1.29, 1.82) is 0 Å². The first-order chi connectivity index (χ1) is 12.5. The largest absolute Gasteiger partial charge is 0.465 e. The molecule has 0 saturated heterocycles. The summed E-state index contributed by atoms with van der Waals surface area (Å²) >= 11 is 2.79. The minimum atomic E-state index is -0.903. The van der Waals surface area contributed by atoms with Gasteiger partial charge in [0.1, 0.15) is 5.00 Å². The summed E-state index contributed by atoms with van der Waals surface area (Å²) in [7, 11) is 1.29. The number of ether oxygens (including phenoxy) is 1. The highest BCUT2D eigenvalue weighted by molar-refractivity contribution is 7.17. The number of esters is 1. The molecule has 2 aromatic heterocycles. The van der Waals surface area contributed by atoms with Crippen molar-refractivity contribution in [3.63, 3.8) is 0 Å². The molecule has 2 heterocycles. The summed E-state index contributed by atoms with van der Waals surface area (Å²) in [6, 6.07) is 1.94. The lowest BCUT2D eigenvalue weighted by Crippen LogP contribution is -2.32. The molecule has 0 aromatic carbocycles. The molecule has 9 heteroatoms. The Kier molecular flexibility index (Phi) is 5.48. The van der Waals surface area contributed by atoms with Gasteiger partial charge in [0.25, 0.3) is 0 Å². The summed E-state index contributed by atoms with van der Waals surface area (Å²) in [5.74, 6) is -2.29. The fourth-order valence-corrected chi connectivity index (χ4v) is 4.75. The Morgan fingerprint density at radius 1 is 1.27 bits per heavy atom. The van der Waals surface area contributed by atoms with E-state index in [2.05, 4.69) is 15.8 Å². The van der Waals surface area contributed by atoms with E-state index in [1.807, 2.05) is 18.4 Å². The molecule has 0 atom stereocenters. The van der Waals surface area contributed by atoms with Crippen molar-refractivity contribution in [2.75, 3.05) is 12.4 Å². The average molecular weight is 391 g/mol. The van der Waals surface area contributed by atoms with Crippen LogP contribution in [0.5, 0.6) is 0 Å². The molecule has 26 heavy (non-hydrogen) atoms. The van der Waals surface area contributed by atoms with Gasteiger partial charge in [0, 0.05) is 9.75 Å². The molecule has 3 rings (SSSR count). The lowest BCUT2D eigenvalue weighted by Gasteiger charge is -2.06. The highest BCUT2D eigenvalue weighted by Gasteiger charge is 2.29. The maximum Gasteiger partial charge on any atom is 0.341 e. The molecule has 136 valence electrons. The molecule has 7 nitrogen and oxygen atoms in total. The number of carbonyl (C=O) groups is 3. The van der Waals surface area contributed by atoms with Gasteiger partial charge in [-0.1, -0.05) is 0 Å². The van der Waals surface area contributed by atoms with Gasteiger partial charge in [-0.15, -0.1) is 22.7 Å². The molecule has 1 aliphatic carbocycles. The fraction of sp³-hybridized carbons (Fsp3) is 0.294. The van der Waals surface area contributed by atoms with Crippen molar-refractivity contribution in [2.24, 2.45) is 5.10 Å². The number of hydrogen-bond donors (Lipinski definition) is 2. The van der Waals surface area contributed by atoms with E-state index < -0.39 is 17.8 Å². The second-order valence-corrected chi connectivity index (χ2v) is 7.73. The summed E-state index contributed by atoms with van der Waals surface area (Å²) in [6.45, 7) is 1.93. The Morgan fingerprint density at radius 3 is 2.77 bits per heavy atom. The molecular formula is C17H17N3O4S2. The number of methoxy groups -OCH3 is 1. The predicted octanol–water partition coefficient (Wildman–Crippen LogP) is 2.48. The van der Waals surface area contributed by atoms with Crippen LogP contribution in [0.4, 0.5) is 5.00 Å². The molecule has 2 N–H and O–H groups in total. The van der Waals surface area contributed by atoms with Crippen LogP contribution in [0.15, 0.2) is 16.5 Å². The zero-order chi connectivity index (χ0) is 18.7. The van der Waals surface area contributed by atoms with E-state index in [4.69, 9.17) is 4.74 Å². The minimum Gasteiger partial charge on any atom is -0.465 e. The van der Waals surface area contributed by atoms with Gasteiger partial charge < -0.3 is 10.1 Å². The van der Waals surface area contributed by atoms with Crippen LogP contribution in [0.1, 0.15) is 37.7 Å². The Labute approximate surface area is 158 Å². The number of hydrazone groups is 1. The van der Waals surface area contributed by atoms with Crippen molar-refractivity contribution < 1.29 is 19.1 Å². The summed E-state index contributed by atoms with van der Waals surface area (Å²) in [5.41, 5.74) is 4.49. The van der Waals surface area contributed by atoms with E-state index in [-0.39, 0.29) is 0 Å². The number of nitrogens with one attached hydrogen (secondary N) is 2. The summed E-state index contributed by atoms with van der Waals surface area (Å²) in [5, 5.41) is 8.56. The van der Waals surface area contributed by atoms with E-state index in [1.54, 1.807) is 0 Å². The first-order valence-corrected chi connectivity index (χ1v) is 9.62. The van der Waals surface area contributed by atoms with E-state index in [1.165, 1.54) is 36.0 Å². The highest BCUT2D eigenvalue weighted by atomic mass is 32.1. The van der Waals surface area contributed by atoms with Crippen molar-refractivity contribution in [3.05, 3.63) is 37.9 Å². The molecule has 2 amide bonds. The van der Waals surface area contributed by atoms with Crippen LogP contribution in [0.2, 0.25) is 0 Å². The number of nitrogens with zero attached hydrogens (tertiary/aromatic N) is 1. The quantitative estimate of drug-likeness (QED) is 0.362. The zero-order valence-electron chi connectivity index (χ0n) is 14.3. The van der Waals surface area contributed by atoms with Crippen LogP contribution in [0, 0.1) is 6.92 Å². The van der Waals surface area contributed by atoms with Gasteiger partial charge in [-0.05, 0) is 48.8 Å². The third-order valence-corrected chi connectivity index (χ3v) is 6.15. The van der Waals surface area contributed by atoms with E-state index in [0.717, 1.165) is 40.1 Å². The smallest absolute Gasteiger partial charge is 0.341 e. The first-order valence-electron chi connectivity index (χ1n) is 7.92. The van der Waals surface area contributed by atoms with Gasteiger partial charge in [-0.25, -0.2) is 10.2 Å². The van der Waals surface area contributed by atoms with Crippen LogP contribution >= 0.6 is 22.7 Å². The molecule has 0 unspecified atom stereocenters. The standard InChI is InChI=1S/C17H17N3O4S2/c1-9-6-7-25-12(9)8-18-20-15(22)14(21)19-16-13(17(23)24-2)10-4-3-5-11(10)26-16/h6-8H,3-5H2,1-2H3,(H,19,21)(H,20,22)/b18-8-. The lowest BCUT2D eigenvalue weighted by molar-refractivity contribution is -0.136. The molecule has 0 saturated carbocycles. The van der Waals surface area contributed by atoms with Crippen LogP contribution in [0.25, 0.3) is 0 Å². The van der Waals surface area contributed by atoms with Crippen LogP contribution in [-0.2, 0) is 27.2 Å². The highest BCUT2D eigenvalue weighted by Crippen LogP contribution is 2.39. The van der Waals surface area contributed by atoms with E-state index >= 15 is 0 Å². The summed E-state index contributed by atoms with van der Waals surface area (Å²) in [6.07, 6.45) is 4.08. The van der Waals surface area contributed by atoms with Gasteiger partial charge in [0.2, 0.25) is 0 Å². The number of amides is 2. The van der Waals surface area contributed by atoms with Crippen LogP contribution < -0.4 is 10.7 Å². The Bertz CT molecular complexity index is 898. The molecule has 1 aliphatic rings. The number of anilines is 1. The van der Waals surface area contributed by atoms with E-state index in [9.17, 15) is 14.4 Å². The zero-order valence-corrected chi connectivity index (χ0v) is 15.9. The van der Waals surface area contributed by atoms with Crippen molar-refractivity contribution in [3.8, 4) is 0 Å². The maximum absolute atomic E-state index is 12.1. The molecule has 2 aromatic rings. The number of aryl methyl sites for hydroxylation is 2. The SMILES string of the molecule is COC(=O)c1c(NC(=O)C(=O)N/N=C\c2sccc2C)sc2c1CCC2. The van der Waals surface area contributed by atoms with Crippen molar-refractivity contribution in [1.82, 2.24) is 5.43 Å². The maximum atomic E-state index is 12.1. The van der Waals surface area contributed by atoms with Gasteiger partial charge in [-0.3, -0.25) is 9.59 Å². The molecule has 0 spiro atoms. The minimum absolute atomic E-state index is 0.347. The predicted molar refractivity (Wildman–Crippen MR) is 101 cm³/mol. The topological polar surface area (TPSA) is 96.9 Å². The Hall–Kier alpha value is -2.52. The van der Waals surface area contributed by atoms with Crippen LogP contribution in [-0.4, -0.2) is 31.1 Å². The number of fused-ring (bicyclic) bond motifs is 1. The Balaban J connectivity index is 1.68. The third-order valence-electron chi connectivity index (χ3n) is 3.99. The molecule has 0 bridgehead atoms. The number of thiophene rings is 2. The average Bonchev–Trinajstić information content (AvgIpc) is 3.30. The number of hydrogen-bond acceptors (Lipinski definition) is 7. The van der Waals surface area contributed by atoms with Gasteiger partial charge in [-0.2, -0.15) is 5.10 Å². The first kappa shape index (κ1) is 18.3. The number of rotatable bonds is 4. The second-order valence-electron chi connectivity index (χ2n) is 5.67. The van der Waals surface area contributed by atoms with Crippen LogP contribution in [0.3, 0.4) is 0 Å². The Morgan fingerprint density at radius 2 is 2.08 bits per heavy atom. The van der Waals surface area contributed by atoms with Crippen molar-refractivity contribution >= 4 is 51.7 Å². The summed E-state index contributed by atoms with van der Waals surface area (Å²) in [4.78, 5) is 38.1. The lowest BCUT2D eigenvalue weighted by atomic mass is 10.1. The molecule has 0 radical (unpaired) electrons. The summed E-state index contributed by atoms with van der Waals surface area (Å²) < 4.78 is 4.81. The fourth-order valence-electron chi connectivity index (χ4n) is 2.69. The monoisotopic (exact) mass is 391 g/mol. The van der Waals surface area contributed by atoms with E-state index in [0.29, 0.717) is 10.6 Å². The van der Waals surface area contributed by atoms with Gasteiger partial charge >= 0.3 is 17.8 Å². The van der Waals surface area contributed by atoms with Crippen molar-refractivity contribution in [2.45, 2.75) is 26.2 Å². The second kappa shape index (κ2) is 7.79. The molecule has 0 fully saturated rings. The third kappa shape index (κ3) is 3.68. The molecular weight excluding hydrogens is 374 g/mol. The van der Waals surface area contributed by atoms with Gasteiger partial charge in [0.05, 0.1) is 18.9 Å². The van der Waals surface area contributed by atoms with Gasteiger partial charge in [0.15, 0.2) is 0 Å². The molecule has 0 aliphatic heterocycles. The normalized spacial score (nSPS) is 12.8.